The molecule has 20 heavy (non-hydrogen) atoms. The van der Waals surface area contributed by atoms with Crippen molar-refractivity contribution in [3.8, 4) is 0 Å². The second kappa shape index (κ2) is 10.4. The monoisotopic (exact) mass is 416 g/mol. The van der Waals surface area contributed by atoms with Gasteiger partial charge in [0.15, 0.2) is 5.96 Å². The summed E-state index contributed by atoms with van der Waals surface area (Å²) in [7, 11) is -3.12. The third-order valence-electron chi connectivity index (χ3n) is 2.78. The molecule has 0 aliphatic heterocycles. The van der Waals surface area contributed by atoms with E-state index in [9.17, 15) is 8.42 Å². The lowest BCUT2D eigenvalue weighted by molar-refractivity contribution is 0.583. The average Bonchev–Trinajstić information content (AvgIpc) is 2.87. The zero-order valence-electron chi connectivity index (χ0n) is 12.1. The summed E-state index contributed by atoms with van der Waals surface area (Å²) < 4.78 is 25.0. The lowest BCUT2D eigenvalue weighted by Crippen LogP contribution is -2.43. The molecule has 1 aliphatic rings. The molecule has 118 valence electrons. The van der Waals surface area contributed by atoms with Gasteiger partial charge in [0.1, 0.15) is 0 Å². The standard InChI is InChI=1S/C12H24N4O2S.HI/c1-3-13-12(16-11-7-5-6-8-11)14-9-10-15-19(17,18)4-2;/h5-6,11,15H,3-4,7-10H2,1-2H3,(H2,13,14,16);1H. The van der Waals surface area contributed by atoms with Gasteiger partial charge in [-0.2, -0.15) is 0 Å². The first-order valence-electron chi connectivity index (χ1n) is 6.74. The van der Waals surface area contributed by atoms with Crippen LogP contribution in [0.2, 0.25) is 0 Å². The second-order valence-electron chi connectivity index (χ2n) is 4.34. The SMILES string of the molecule is CCNC(=NCCNS(=O)(=O)CC)NC1CC=CC1.I. The normalized spacial score (nSPS) is 16.0. The van der Waals surface area contributed by atoms with E-state index in [-0.39, 0.29) is 29.7 Å². The molecule has 0 aromatic rings. The fraction of sp³-hybridized carbons (Fsp3) is 0.750. The van der Waals surface area contributed by atoms with E-state index in [0.29, 0.717) is 19.1 Å². The van der Waals surface area contributed by atoms with Gasteiger partial charge < -0.3 is 10.6 Å². The largest absolute Gasteiger partial charge is 0.357 e. The van der Waals surface area contributed by atoms with Crippen molar-refractivity contribution < 1.29 is 8.42 Å². The van der Waals surface area contributed by atoms with E-state index in [1.54, 1.807) is 6.92 Å². The number of rotatable bonds is 7. The van der Waals surface area contributed by atoms with E-state index in [0.717, 1.165) is 25.3 Å². The molecule has 0 unspecified atom stereocenters. The van der Waals surface area contributed by atoms with E-state index in [2.05, 4.69) is 32.5 Å². The average molecular weight is 416 g/mol. The molecule has 0 heterocycles. The van der Waals surface area contributed by atoms with Crippen LogP contribution in [0.5, 0.6) is 0 Å². The summed E-state index contributed by atoms with van der Waals surface area (Å²) in [6, 6.07) is 0.394. The van der Waals surface area contributed by atoms with Crippen molar-refractivity contribution in [1.29, 1.82) is 0 Å². The van der Waals surface area contributed by atoms with Crippen molar-refractivity contribution in [1.82, 2.24) is 15.4 Å². The lowest BCUT2D eigenvalue weighted by atomic mass is 10.2. The fourth-order valence-corrected chi connectivity index (χ4v) is 2.33. The zero-order valence-corrected chi connectivity index (χ0v) is 15.2. The van der Waals surface area contributed by atoms with Crippen LogP contribution in [0.15, 0.2) is 17.1 Å². The van der Waals surface area contributed by atoms with Gasteiger partial charge >= 0.3 is 0 Å². The highest BCUT2D eigenvalue weighted by Gasteiger charge is 2.11. The van der Waals surface area contributed by atoms with Crippen LogP contribution in [-0.4, -0.2) is 45.8 Å². The first-order valence-corrected chi connectivity index (χ1v) is 8.39. The number of halogens is 1. The number of sulfonamides is 1. The lowest BCUT2D eigenvalue weighted by Gasteiger charge is -2.16. The topological polar surface area (TPSA) is 82.6 Å². The molecular formula is C12H25IN4O2S. The van der Waals surface area contributed by atoms with Crippen LogP contribution in [0.1, 0.15) is 26.7 Å². The molecule has 0 bridgehead atoms. The van der Waals surface area contributed by atoms with Crippen LogP contribution in [0.25, 0.3) is 0 Å². The Morgan fingerprint density at radius 2 is 1.95 bits per heavy atom. The Labute approximate surface area is 139 Å². The summed E-state index contributed by atoms with van der Waals surface area (Å²) in [5, 5.41) is 6.48. The molecule has 0 aromatic heterocycles. The van der Waals surface area contributed by atoms with E-state index < -0.39 is 10.0 Å². The summed E-state index contributed by atoms with van der Waals surface area (Å²) in [6.45, 7) is 5.16. The van der Waals surface area contributed by atoms with Crippen molar-refractivity contribution in [2.75, 3.05) is 25.4 Å². The van der Waals surface area contributed by atoms with Crippen LogP contribution in [-0.2, 0) is 10.0 Å². The van der Waals surface area contributed by atoms with Crippen LogP contribution in [0, 0.1) is 0 Å². The maximum atomic E-state index is 11.2. The molecule has 0 aromatic carbocycles. The molecule has 0 spiro atoms. The smallest absolute Gasteiger partial charge is 0.211 e. The molecule has 0 radical (unpaired) electrons. The van der Waals surface area contributed by atoms with Gasteiger partial charge in [-0.15, -0.1) is 24.0 Å². The minimum absolute atomic E-state index is 0. The maximum absolute atomic E-state index is 11.2. The highest BCUT2D eigenvalue weighted by Crippen LogP contribution is 2.08. The van der Waals surface area contributed by atoms with Gasteiger partial charge in [-0.1, -0.05) is 12.2 Å². The minimum atomic E-state index is -3.12. The number of nitrogens with one attached hydrogen (secondary N) is 3. The molecule has 1 rings (SSSR count). The van der Waals surface area contributed by atoms with E-state index in [1.165, 1.54) is 0 Å². The van der Waals surface area contributed by atoms with Crippen molar-refractivity contribution in [3.05, 3.63) is 12.2 Å². The number of guanidine groups is 1. The zero-order chi connectivity index (χ0) is 14.1. The summed E-state index contributed by atoms with van der Waals surface area (Å²) in [6.07, 6.45) is 6.31. The number of hydrogen-bond acceptors (Lipinski definition) is 3. The van der Waals surface area contributed by atoms with Crippen molar-refractivity contribution in [2.24, 2.45) is 4.99 Å². The first kappa shape index (κ1) is 19.7. The van der Waals surface area contributed by atoms with Crippen LogP contribution < -0.4 is 15.4 Å². The third kappa shape index (κ3) is 8.05. The summed E-state index contributed by atoms with van der Waals surface area (Å²) in [4.78, 5) is 4.35. The predicted octanol–water partition coefficient (Wildman–Crippen LogP) is 0.817. The van der Waals surface area contributed by atoms with Gasteiger partial charge in [-0.05, 0) is 26.7 Å². The van der Waals surface area contributed by atoms with Gasteiger partial charge in [-0.3, -0.25) is 4.99 Å². The van der Waals surface area contributed by atoms with Crippen molar-refractivity contribution >= 4 is 40.0 Å². The van der Waals surface area contributed by atoms with Crippen LogP contribution in [0.3, 0.4) is 0 Å². The quantitative estimate of drug-likeness (QED) is 0.189. The molecular weight excluding hydrogens is 391 g/mol. The Kier molecular flexibility index (Phi) is 10.2. The van der Waals surface area contributed by atoms with E-state index in [4.69, 9.17) is 0 Å². The van der Waals surface area contributed by atoms with Gasteiger partial charge in [0, 0.05) is 19.1 Å². The minimum Gasteiger partial charge on any atom is -0.357 e. The molecule has 0 amide bonds. The van der Waals surface area contributed by atoms with Crippen LogP contribution in [0.4, 0.5) is 0 Å². The number of aliphatic imine (C=N–C) groups is 1. The van der Waals surface area contributed by atoms with Gasteiger partial charge in [-0.25, -0.2) is 13.1 Å². The second-order valence-corrected chi connectivity index (χ2v) is 6.44. The molecule has 0 atom stereocenters. The molecule has 0 saturated heterocycles. The summed E-state index contributed by atoms with van der Waals surface area (Å²) >= 11 is 0. The Hall–Kier alpha value is -0.350. The molecule has 6 nitrogen and oxygen atoms in total. The Morgan fingerprint density at radius 1 is 1.30 bits per heavy atom. The fourth-order valence-electron chi connectivity index (χ4n) is 1.72. The van der Waals surface area contributed by atoms with Gasteiger partial charge in [0.05, 0.1) is 12.3 Å². The van der Waals surface area contributed by atoms with E-state index >= 15 is 0 Å². The van der Waals surface area contributed by atoms with Crippen molar-refractivity contribution in [3.63, 3.8) is 0 Å². The Morgan fingerprint density at radius 3 is 2.50 bits per heavy atom. The van der Waals surface area contributed by atoms with E-state index in [1.807, 2.05) is 6.92 Å². The van der Waals surface area contributed by atoms with Crippen LogP contribution >= 0.6 is 24.0 Å². The molecule has 3 N–H and O–H groups in total. The third-order valence-corrected chi connectivity index (χ3v) is 4.18. The Bertz CT molecular complexity index is 415. The van der Waals surface area contributed by atoms with Crippen molar-refractivity contribution in [2.45, 2.75) is 32.7 Å². The maximum Gasteiger partial charge on any atom is 0.211 e. The van der Waals surface area contributed by atoms with Gasteiger partial charge in [0.25, 0.3) is 0 Å². The molecule has 0 fully saturated rings. The molecule has 0 saturated carbocycles. The summed E-state index contributed by atoms with van der Waals surface area (Å²) in [5.74, 6) is 0.842. The highest BCUT2D eigenvalue weighted by atomic mass is 127. The Balaban J connectivity index is 0.00000361. The highest BCUT2D eigenvalue weighted by molar-refractivity contribution is 14.0. The molecule has 1 aliphatic carbocycles. The number of nitrogens with zero attached hydrogens (tertiary/aromatic N) is 1. The summed E-state index contributed by atoms with van der Waals surface area (Å²) in [5.41, 5.74) is 0. The number of hydrogen-bond donors (Lipinski definition) is 3. The molecule has 8 heteroatoms. The first-order chi connectivity index (χ1) is 9.07. The predicted molar refractivity (Wildman–Crippen MR) is 94.2 cm³/mol. The van der Waals surface area contributed by atoms with Gasteiger partial charge in [0.2, 0.25) is 10.0 Å².